The lowest BCUT2D eigenvalue weighted by molar-refractivity contribution is -0.128. The van der Waals surface area contributed by atoms with E-state index in [-0.39, 0.29) is 12.0 Å². The third kappa shape index (κ3) is 5.11. The highest BCUT2D eigenvalue weighted by Crippen LogP contribution is 2.22. The Kier molecular flexibility index (Phi) is 6.19. The van der Waals surface area contributed by atoms with Gasteiger partial charge in [-0.3, -0.25) is 4.79 Å². The molecule has 1 aromatic rings. The number of hydrogen-bond acceptors (Lipinski definition) is 4. The van der Waals surface area contributed by atoms with E-state index in [2.05, 4.69) is 11.8 Å². The Morgan fingerprint density at radius 2 is 1.92 bits per heavy atom. The fourth-order valence-corrected chi connectivity index (χ4v) is 3.70. The highest BCUT2D eigenvalue weighted by Gasteiger charge is 2.25. The zero-order valence-corrected chi connectivity index (χ0v) is 15.4. The van der Waals surface area contributed by atoms with Crippen molar-refractivity contribution < 1.29 is 14.3 Å². The van der Waals surface area contributed by atoms with Crippen LogP contribution in [0.1, 0.15) is 39.5 Å². The Hall–Kier alpha value is -1.75. The first-order chi connectivity index (χ1) is 12.1. The van der Waals surface area contributed by atoms with Crippen LogP contribution in [0, 0.1) is 0 Å². The van der Waals surface area contributed by atoms with Crippen LogP contribution in [0.3, 0.4) is 0 Å². The van der Waals surface area contributed by atoms with Crippen molar-refractivity contribution in [2.45, 2.75) is 51.7 Å². The molecule has 2 fully saturated rings. The minimum Gasteiger partial charge on any atom is -0.494 e. The molecule has 0 radical (unpaired) electrons. The Morgan fingerprint density at radius 1 is 1.16 bits per heavy atom. The van der Waals surface area contributed by atoms with Crippen LogP contribution in [0.2, 0.25) is 0 Å². The molecule has 25 heavy (non-hydrogen) atoms. The van der Waals surface area contributed by atoms with Crippen LogP contribution in [0.15, 0.2) is 24.3 Å². The van der Waals surface area contributed by atoms with Crippen LogP contribution < -0.4 is 9.47 Å². The molecule has 3 rings (SSSR count). The van der Waals surface area contributed by atoms with Crippen molar-refractivity contribution in [1.29, 1.82) is 0 Å². The molecule has 1 aromatic carbocycles. The monoisotopic (exact) mass is 346 g/mol. The number of benzene rings is 1. The van der Waals surface area contributed by atoms with E-state index in [4.69, 9.17) is 9.47 Å². The van der Waals surface area contributed by atoms with E-state index < -0.39 is 0 Å². The van der Waals surface area contributed by atoms with Crippen molar-refractivity contribution in [1.82, 2.24) is 9.80 Å². The summed E-state index contributed by atoms with van der Waals surface area (Å²) in [6.07, 6.45) is 4.71. The summed E-state index contributed by atoms with van der Waals surface area (Å²) in [5.74, 6) is 1.85. The quantitative estimate of drug-likeness (QED) is 0.712. The minimum absolute atomic E-state index is 0.0955. The lowest BCUT2D eigenvalue weighted by Crippen LogP contribution is -2.28. The van der Waals surface area contributed by atoms with Crippen LogP contribution in [0.5, 0.6) is 11.5 Å². The van der Waals surface area contributed by atoms with Gasteiger partial charge in [-0.2, -0.15) is 0 Å². The third-order valence-electron chi connectivity index (χ3n) is 5.27. The van der Waals surface area contributed by atoms with E-state index in [1.807, 2.05) is 29.2 Å². The molecule has 5 heteroatoms. The van der Waals surface area contributed by atoms with Gasteiger partial charge in [0.1, 0.15) is 17.6 Å². The van der Waals surface area contributed by atoms with Crippen molar-refractivity contribution in [3.05, 3.63) is 24.3 Å². The van der Waals surface area contributed by atoms with Gasteiger partial charge in [-0.25, -0.2) is 0 Å². The second kappa shape index (κ2) is 8.56. The van der Waals surface area contributed by atoms with E-state index in [0.29, 0.717) is 6.54 Å². The molecule has 0 saturated carbocycles. The molecule has 2 atom stereocenters. The number of amides is 1. The van der Waals surface area contributed by atoms with Crippen LogP contribution in [-0.2, 0) is 4.79 Å². The second-order valence-electron chi connectivity index (χ2n) is 7.19. The average molecular weight is 346 g/mol. The van der Waals surface area contributed by atoms with Gasteiger partial charge in [-0.1, -0.05) is 0 Å². The number of hydrogen-bond donors (Lipinski definition) is 0. The number of rotatable bonds is 7. The van der Waals surface area contributed by atoms with Crippen LogP contribution in [0.4, 0.5) is 0 Å². The van der Waals surface area contributed by atoms with Gasteiger partial charge in [-0.05, 0) is 57.0 Å². The molecule has 1 unspecified atom stereocenters. The number of ether oxygens (including phenoxy) is 2. The van der Waals surface area contributed by atoms with Crippen molar-refractivity contribution >= 4 is 5.91 Å². The Labute approximate surface area is 150 Å². The molecule has 1 amide bonds. The molecule has 0 aromatic heterocycles. The summed E-state index contributed by atoms with van der Waals surface area (Å²) in [6.45, 7) is 8.50. The molecule has 2 aliphatic heterocycles. The molecule has 138 valence electrons. The standard InChI is InChI=1S/C20H30N2O3/c1-16-5-3-11-21(16)12-4-14-24-18-6-8-19(9-7-18)25-20-10-13-22(15-20)17(2)23/h6-9,16,20H,3-5,10-15H2,1-2H3/t16-,20?/m1/s1. The molecule has 2 heterocycles. The maximum atomic E-state index is 11.4. The predicted molar refractivity (Wildman–Crippen MR) is 98.1 cm³/mol. The summed E-state index contributed by atoms with van der Waals surface area (Å²) in [7, 11) is 0. The summed E-state index contributed by atoms with van der Waals surface area (Å²) < 4.78 is 11.8. The predicted octanol–water partition coefficient (Wildman–Crippen LogP) is 2.94. The first kappa shape index (κ1) is 18.1. The summed E-state index contributed by atoms with van der Waals surface area (Å²) in [4.78, 5) is 15.8. The molecule has 0 spiro atoms. The molecule has 0 aliphatic carbocycles. The van der Waals surface area contributed by atoms with Gasteiger partial charge in [-0.15, -0.1) is 0 Å². The fourth-order valence-electron chi connectivity index (χ4n) is 3.70. The van der Waals surface area contributed by atoms with Gasteiger partial charge in [0.15, 0.2) is 0 Å². The van der Waals surface area contributed by atoms with Gasteiger partial charge >= 0.3 is 0 Å². The SMILES string of the molecule is CC(=O)N1CCC(Oc2ccc(OCCCN3CCC[C@H]3C)cc2)C1. The van der Waals surface area contributed by atoms with Gasteiger partial charge in [0.2, 0.25) is 5.91 Å². The Balaban J connectivity index is 1.36. The largest absolute Gasteiger partial charge is 0.494 e. The minimum atomic E-state index is 0.0955. The number of carbonyl (C=O) groups excluding carboxylic acids is 1. The number of carbonyl (C=O) groups is 1. The highest BCUT2D eigenvalue weighted by molar-refractivity contribution is 5.73. The molecular weight excluding hydrogens is 316 g/mol. The van der Waals surface area contributed by atoms with Crippen molar-refractivity contribution in [3.8, 4) is 11.5 Å². The molecule has 0 N–H and O–H groups in total. The van der Waals surface area contributed by atoms with E-state index >= 15 is 0 Å². The van der Waals surface area contributed by atoms with E-state index in [0.717, 1.165) is 50.1 Å². The van der Waals surface area contributed by atoms with Crippen LogP contribution in [-0.4, -0.2) is 60.6 Å². The second-order valence-corrected chi connectivity index (χ2v) is 7.19. The maximum Gasteiger partial charge on any atom is 0.219 e. The van der Waals surface area contributed by atoms with Gasteiger partial charge in [0, 0.05) is 32.5 Å². The Morgan fingerprint density at radius 3 is 2.56 bits per heavy atom. The van der Waals surface area contributed by atoms with Gasteiger partial charge < -0.3 is 19.3 Å². The van der Waals surface area contributed by atoms with Crippen molar-refractivity contribution in [3.63, 3.8) is 0 Å². The molecule has 2 aliphatic rings. The lowest BCUT2D eigenvalue weighted by atomic mass is 10.2. The van der Waals surface area contributed by atoms with E-state index in [9.17, 15) is 4.79 Å². The summed E-state index contributed by atoms with van der Waals surface area (Å²) in [6, 6.07) is 8.56. The zero-order chi connectivity index (χ0) is 17.6. The fraction of sp³-hybridized carbons (Fsp3) is 0.650. The summed E-state index contributed by atoms with van der Waals surface area (Å²) in [5.41, 5.74) is 0. The molecule has 0 bridgehead atoms. The maximum absolute atomic E-state index is 11.4. The lowest BCUT2D eigenvalue weighted by Gasteiger charge is -2.20. The smallest absolute Gasteiger partial charge is 0.219 e. The van der Waals surface area contributed by atoms with Crippen molar-refractivity contribution in [2.24, 2.45) is 0 Å². The van der Waals surface area contributed by atoms with Gasteiger partial charge in [0.05, 0.1) is 13.2 Å². The normalized spacial score (nSPS) is 23.8. The number of likely N-dealkylation sites (tertiary alicyclic amines) is 2. The third-order valence-corrected chi connectivity index (χ3v) is 5.27. The molecule has 2 saturated heterocycles. The van der Waals surface area contributed by atoms with E-state index in [1.165, 1.54) is 19.4 Å². The molecule has 5 nitrogen and oxygen atoms in total. The van der Waals surface area contributed by atoms with Crippen molar-refractivity contribution in [2.75, 3.05) is 32.8 Å². The number of nitrogens with zero attached hydrogens (tertiary/aromatic N) is 2. The van der Waals surface area contributed by atoms with Crippen LogP contribution >= 0.6 is 0 Å². The highest BCUT2D eigenvalue weighted by atomic mass is 16.5. The van der Waals surface area contributed by atoms with E-state index in [1.54, 1.807) is 6.92 Å². The first-order valence-corrected chi connectivity index (χ1v) is 9.51. The zero-order valence-electron chi connectivity index (χ0n) is 15.4. The average Bonchev–Trinajstić information content (AvgIpc) is 3.22. The molecular formula is C20H30N2O3. The Bertz CT molecular complexity index is 561. The summed E-state index contributed by atoms with van der Waals surface area (Å²) in [5, 5.41) is 0. The van der Waals surface area contributed by atoms with Gasteiger partial charge in [0.25, 0.3) is 0 Å². The topological polar surface area (TPSA) is 42.0 Å². The first-order valence-electron chi connectivity index (χ1n) is 9.51. The summed E-state index contributed by atoms with van der Waals surface area (Å²) >= 11 is 0. The van der Waals surface area contributed by atoms with Crippen LogP contribution in [0.25, 0.3) is 0 Å².